The van der Waals surface area contributed by atoms with Crippen LogP contribution in [-0.4, -0.2) is 10.1 Å². The summed E-state index contributed by atoms with van der Waals surface area (Å²) in [6.07, 6.45) is 10.3. The standard InChI is InChI=1S/C20H23NO/c1-15-10-11-20(22)19(13-15)18(16-7-3-2-4-8-16)14-17-9-5-6-12-21-17/h5-6,9-14,16,22H,2-4,7-8H2,1H3/b18-14+. The summed E-state index contributed by atoms with van der Waals surface area (Å²) in [7, 11) is 0. The summed E-state index contributed by atoms with van der Waals surface area (Å²) >= 11 is 0. The van der Waals surface area contributed by atoms with E-state index in [1.807, 2.05) is 30.5 Å². The molecule has 2 aromatic rings. The molecule has 1 aromatic heterocycles. The van der Waals surface area contributed by atoms with E-state index in [1.54, 1.807) is 6.07 Å². The summed E-state index contributed by atoms with van der Waals surface area (Å²) < 4.78 is 0. The van der Waals surface area contributed by atoms with Crippen molar-refractivity contribution in [2.75, 3.05) is 0 Å². The van der Waals surface area contributed by atoms with Crippen molar-refractivity contribution in [3.63, 3.8) is 0 Å². The van der Waals surface area contributed by atoms with Gasteiger partial charge < -0.3 is 5.11 Å². The van der Waals surface area contributed by atoms with Gasteiger partial charge in [-0.1, -0.05) is 37.0 Å². The van der Waals surface area contributed by atoms with Crippen molar-refractivity contribution in [3.8, 4) is 5.75 Å². The summed E-state index contributed by atoms with van der Waals surface area (Å²) in [5.74, 6) is 0.891. The molecule has 0 radical (unpaired) electrons. The SMILES string of the molecule is Cc1ccc(O)c(/C(=C/c2ccccn2)C2CCCCC2)c1. The highest BCUT2D eigenvalue weighted by Crippen LogP contribution is 2.39. The van der Waals surface area contributed by atoms with E-state index >= 15 is 0 Å². The van der Waals surface area contributed by atoms with E-state index in [0.29, 0.717) is 11.7 Å². The van der Waals surface area contributed by atoms with Crippen LogP contribution in [0.5, 0.6) is 5.75 Å². The van der Waals surface area contributed by atoms with E-state index in [0.717, 1.165) is 11.3 Å². The molecule has 22 heavy (non-hydrogen) atoms. The molecular weight excluding hydrogens is 270 g/mol. The van der Waals surface area contributed by atoms with Crippen molar-refractivity contribution in [2.45, 2.75) is 39.0 Å². The largest absolute Gasteiger partial charge is 0.507 e. The minimum atomic E-state index is 0.373. The quantitative estimate of drug-likeness (QED) is 0.842. The first-order valence-corrected chi connectivity index (χ1v) is 8.16. The number of benzene rings is 1. The zero-order chi connectivity index (χ0) is 15.4. The van der Waals surface area contributed by atoms with Crippen LogP contribution in [0.2, 0.25) is 0 Å². The molecule has 0 spiro atoms. The van der Waals surface area contributed by atoms with Crippen molar-refractivity contribution in [3.05, 3.63) is 59.4 Å². The van der Waals surface area contributed by atoms with E-state index in [1.165, 1.54) is 43.2 Å². The Hall–Kier alpha value is -2.09. The molecule has 1 N–H and O–H groups in total. The molecule has 0 unspecified atom stereocenters. The molecule has 2 nitrogen and oxygen atoms in total. The maximum Gasteiger partial charge on any atom is 0.123 e. The van der Waals surface area contributed by atoms with Crippen LogP contribution in [0.4, 0.5) is 0 Å². The van der Waals surface area contributed by atoms with Crippen LogP contribution < -0.4 is 0 Å². The van der Waals surface area contributed by atoms with Gasteiger partial charge in [-0.3, -0.25) is 4.98 Å². The monoisotopic (exact) mass is 293 g/mol. The van der Waals surface area contributed by atoms with Crippen molar-refractivity contribution in [1.82, 2.24) is 4.98 Å². The van der Waals surface area contributed by atoms with E-state index in [2.05, 4.69) is 24.1 Å². The Morgan fingerprint density at radius 3 is 2.68 bits per heavy atom. The third-order valence-electron chi connectivity index (χ3n) is 4.50. The molecule has 1 aromatic carbocycles. The van der Waals surface area contributed by atoms with Crippen molar-refractivity contribution in [1.29, 1.82) is 0 Å². The summed E-state index contributed by atoms with van der Waals surface area (Å²) in [6, 6.07) is 11.8. The third-order valence-corrected chi connectivity index (χ3v) is 4.50. The van der Waals surface area contributed by atoms with Crippen LogP contribution in [0.25, 0.3) is 11.6 Å². The number of aromatic hydroxyl groups is 1. The van der Waals surface area contributed by atoms with Crippen molar-refractivity contribution >= 4 is 11.6 Å². The maximum absolute atomic E-state index is 10.4. The maximum atomic E-state index is 10.4. The van der Waals surface area contributed by atoms with E-state index < -0.39 is 0 Å². The van der Waals surface area contributed by atoms with Gasteiger partial charge in [-0.25, -0.2) is 0 Å². The Morgan fingerprint density at radius 1 is 1.14 bits per heavy atom. The first-order chi connectivity index (χ1) is 10.7. The van der Waals surface area contributed by atoms with Crippen LogP contribution in [0.15, 0.2) is 42.6 Å². The normalized spacial score (nSPS) is 16.7. The first kappa shape index (κ1) is 14.8. The minimum absolute atomic E-state index is 0.373. The van der Waals surface area contributed by atoms with E-state index in [-0.39, 0.29) is 0 Å². The van der Waals surface area contributed by atoms with Crippen LogP contribution in [0.3, 0.4) is 0 Å². The molecule has 0 aliphatic heterocycles. The Bertz CT molecular complexity index is 655. The molecule has 1 saturated carbocycles. The number of aryl methyl sites for hydroxylation is 1. The fourth-order valence-corrected chi connectivity index (χ4v) is 3.33. The number of hydrogen-bond acceptors (Lipinski definition) is 2. The average molecular weight is 293 g/mol. The molecule has 1 aliphatic rings. The molecule has 0 bridgehead atoms. The molecule has 0 amide bonds. The lowest BCUT2D eigenvalue weighted by molar-refractivity contribution is 0.426. The second-order valence-corrected chi connectivity index (χ2v) is 6.21. The zero-order valence-electron chi connectivity index (χ0n) is 13.1. The fourth-order valence-electron chi connectivity index (χ4n) is 3.33. The molecule has 114 valence electrons. The van der Waals surface area contributed by atoms with Crippen LogP contribution in [0.1, 0.15) is 48.9 Å². The van der Waals surface area contributed by atoms with Gasteiger partial charge in [0.25, 0.3) is 0 Å². The van der Waals surface area contributed by atoms with Gasteiger partial charge in [-0.15, -0.1) is 0 Å². The van der Waals surface area contributed by atoms with E-state index in [9.17, 15) is 5.11 Å². The fraction of sp³-hybridized carbons (Fsp3) is 0.350. The average Bonchev–Trinajstić information content (AvgIpc) is 2.57. The number of phenolic OH excluding ortho intramolecular Hbond substituents is 1. The topological polar surface area (TPSA) is 33.1 Å². The summed E-state index contributed by atoms with van der Waals surface area (Å²) in [6.45, 7) is 2.07. The third kappa shape index (κ3) is 3.38. The smallest absolute Gasteiger partial charge is 0.123 e. The highest BCUT2D eigenvalue weighted by Gasteiger charge is 2.21. The van der Waals surface area contributed by atoms with Crippen LogP contribution in [0, 0.1) is 12.8 Å². The van der Waals surface area contributed by atoms with Gasteiger partial charge in [0.15, 0.2) is 0 Å². The molecule has 0 saturated heterocycles. The van der Waals surface area contributed by atoms with Gasteiger partial charge in [0.1, 0.15) is 5.75 Å². The lowest BCUT2D eigenvalue weighted by Crippen LogP contribution is -2.09. The van der Waals surface area contributed by atoms with Gasteiger partial charge in [0, 0.05) is 11.8 Å². The number of aromatic nitrogens is 1. The number of pyridine rings is 1. The Kier molecular flexibility index (Phi) is 4.57. The molecule has 1 heterocycles. The zero-order valence-corrected chi connectivity index (χ0v) is 13.1. The molecule has 0 atom stereocenters. The van der Waals surface area contributed by atoms with E-state index in [4.69, 9.17) is 0 Å². The first-order valence-electron chi connectivity index (χ1n) is 8.16. The molecule has 2 heteroatoms. The Morgan fingerprint density at radius 2 is 1.95 bits per heavy atom. The molecule has 1 fully saturated rings. The van der Waals surface area contributed by atoms with Crippen molar-refractivity contribution < 1.29 is 5.11 Å². The van der Waals surface area contributed by atoms with Gasteiger partial charge >= 0.3 is 0 Å². The second-order valence-electron chi connectivity index (χ2n) is 6.21. The number of nitrogens with zero attached hydrogens (tertiary/aromatic N) is 1. The number of phenols is 1. The summed E-state index contributed by atoms with van der Waals surface area (Å²) in [5.41, 5.74) is 4.34. The number of allylic oxidation sites excluding steroid dienone is 1. The predicted octanol–water partition coefficient (Wildman–Crippen LogP) is 5.22. The Balaban J connectivity index is 2.06. The Labute approximate surface area is 132 Å². The van der Waals surface area contributed by atoms with Gasteiger partial charge in [-0.2, -0.15) is 0 Å². The van der Waals surface area contributed by atoms with Crippen LogP contribution in [-0.2, 0) is 0 Å². The van der Waals surface area contributed by atoms with Crippen molar-refractivity contribution in [2.24, 2.45) is 5.92 Å². The molecule has 1 aliphatic carbocycles. The lowest BCUT2D eigenvalue weighted by Gasteiger charge is -2.25. The lowest BCUT2D eigenvalue weighted by atomic mass is 9.80. The highest BCUT2D eigenvalue weighted by atomic mass is 16.3. The predicted molar refractivity (Wildman–Crippen MR) is 91.5 cm³/mol. The van der Waals surface area contributed by atoms with Gasteiger partial charge in [-0.05, 0) is 61.6 Å². The highest BCUT2D eigenvalue weighted by molar-refractivity contribution is 5.84. The number of rotatable bonds is 3. The summed E-state index contributed by atoms with van der Waals surface area (Å²) in [5, 5.41) is 10.4. The molecule has 3 rings (SSSR count). The summed E-state index contributed by atoms with van der Waals surface area (Å²) in [4.78, 5) is 4.43. The van der Waals surface area contributed by atoms with Crippen LogP contribution >= 0.6 is 0 Å². The second kappa shape index (κ2) is 6.78. The number of hydrogen-bond donors (Lipinski definition) is 1. The minimum Gasteiger partial charge on any atom is -0.507 e. The van der Waals surface area contributed by atoms with Gasteiger partial charge in [0.2, 0.25) is 0 Å². The molecular formula is C20H23NO. The van der Waals surface area contributed by atoms with Gasteiger partial charge in [0.05, 0.1) is 5.69 Å².